The molecule has 0 unspecified atom stereocenters. The molecule has 3 aromatic rings. The summed E-state index contributed by atoms with van der Waals surface area (Å²) in [5.41, 5.74) is 2.22. The van der Waals surface area contributed by atoms with E-state index < -0.39 is 11.5 Å². The number of rotatable bonds is 4. The molecular formula is C21H16BrN3O2. The van der Waals surface area contributed by atoms with E-state index in [1.165, 1.54) is 10.6 Å². The maximum Gasteiger partial charge on any atom is 0.268 e. The average molecular weight is 422 g/mol. The molecule has 0 aliphatic heterocycles. The number of nitrogens with zero attached hydrogens (tertiary/aromatic N) is 2. The lowest BCUT2D eigenvalue weighted by Gasteiger charge is -2.13. The number of nitrogens with one attached hydrogen (secondary N) is 1. The van der Waals surface area contributed by atoms with Gasteiger partial charge in [-0.1, -0.05) is 40.2 Å². The van der Waals surface area contributed by atoms with Crippen LogP contribution in [0.2, 0.25) is 0 Å². The first-order valence-electron chi connectivity index (χ1n) is 8.26. The van der Waals surface area contributed by atoms with E-state index in [4.69, 9.17) is 5.26 Å². The van der Waals surface area contributed by atoms with Gasteiger partial charge >= 0.3 is 0 Å². The highest BCUT2D eigenvalue weighted by Crippen LogP contribution is 2.16. The summed E-state index contributed by atoms with van der Waals surface area (Å²) >= 11 is 3.44. The molecular weight excluding hydrogens is 406 g/mol. The van der Waals surface area contributed by atoms with Gasteiger partial charge in [0.1, 0.15) is 5.56 Å². The molecule has 0 aliphatic carbocycles. The van der Waals surface area contributed by atoms with Crippen LogP contribution >= 0.6 is 15.9 Å². The SMILES string of the molecule is Cc1ccc(C(=O)NCc2ccccc2Br)c(=O)n1-c1cccc(C#N)c1. The van der Waals surface area contributed by atoms with Crippen LogP contribution in [0.25, 0.3) is 5.69 Å². The largest absolute Gasteiger partial charge is 0.348 e. The molecule has 2 aromatic carbocycles. The van der Waals surface area contributed by atoms with Crippen molar-refractivity contribution in [1.29, 1.82) is 5.26 Å². The Morgan fingerprint density at radius 2 is 1.93 bits per heavy atom. The summed E-state index contributed by atoms with van der Waals surface area (Å²) in [4.78, 5) is 25.5. The topological polar surface area (TPSA) is 74.9 Å². The molecule has 0 bridgehead atoms. The van der Waals surface area contributed by atoms with E-state index in [-0.39, 0.29) is 5.56 Å². The molecule has 0 atom stereocenters. The predicted molar refractivity (Wildman–Crippen MR) is 107 cm³/mol. The van der Waals surface area contributed by atoms with Crippen LogP contribution in [0.15, 0.2) is 69.9 Å². The number of hydrogen-bond donors (Lipinski definition) is 1. The van der Waals surface area contributed by atoms with E-state index in [9.17, 15) is 9.59 Å². The molecule has 134 valence electrons. The van der Waals surface area contributed by atoms with Crippen molar-refractivity contribution in [3.8, 4) is 11.8 Å². The van der Waals surface area contributed by atoms with E-state index in [0.717, 1.165) is 10.0 Å². The number of aryl methyl sites for hydroxylation is 1. The second-order valence-electron chi connectivity index (χ2n) is 5.97. The van der Waals surface area contributed by atoms with Gasteiger partial charge in [-0.2, -0.15) is 5.26 Å². The third-order valence-electron chi connectivity index (χ3n) is 4.15. The number of nitriles is 1. The maximum atomic E-state index is 12.9. The van der Waals surface area contributed by atoms with Crippen LogP contribution in [0, 0.1) is 18.3 Å². The number of hydrogen-bond acceptors (Lipinski definition) is 3. The van der Waals surface area contributed by atoms with Crippen molar-refractivity contribution < 1.29 is 4.79 Å². The highest BCUT2D eigenvalue weighted by molar-refractivity contribution is 9.10. The van der Waals surface area contributed by atoms with Crippen molar-refractivity contribution in [3.63, 3.8) is 0 Å². The molecule has 3 rings (SSSR count). The first-order valence-corrected chi connectivity index (χ1v) is 9.05. The Labute approximate surface area is 165 Å². The van der Waals surface area contributed by atoms with Crippen LogP contribution < -0.4 is 10.9 Å². The predicted octanol–water partition coefficient (Wildman–Crippen LogP) is 3.71. The standard InChI is InChI=1S/C21H16BrN3O2/c1-14-9-10-18(20(26)24-13-16-6-2-3-8-19(16)22)21(27)25(14)17-7-4-5-15(11-17)12-23/h2-11H,13H2,1H3,(H,24,26). The van der Waals surface area contributed by atoms with Crippen molar-refractivity contribution >= 4 is 21.8 Å². The monoisotopic (exact) mass is 421 g/mol. The quantitative estimate of drug-likeness (QED) is 0.697. The summed E-state index contributed by atoms with van der Waals surface area (Å²) in [5.74, 6) is -0.444. The molecule has 0 saturated heterocycles. The minimum absolute atomic E-state index is 0.0509. The number of benzene rings is 2. The minimum Gasteiger partial charge on any atom is -0.348 e. The molecule has 1 N–H and O–H groups in total. The van der Waals surface area contributed by atoms with Gasteiger partial charge < -0.3 is 5.32 Å². The van der Waals surface area contributed by atoms with Crippen LogP contribution in [-0.4, -0.2) is 10.5 Å². The molecule has 0 spiro atoms. The summed E-state index contributed by atoms with van der Waals surface area (Å²) in [7, 11) is 0. The lowest BCUT2D eigenvalue weighted by Crippen LogP contribution is -2.33. The third kappa shape index (κ3) is 3.99. The van der Waals surface area contributed by atoms with Crippen molar-refractivity contribution in [2.75, 3.05) is 0 Å². The molecule has 1 heterocycles. The molecule has 6 heteroatoms. The third-order valence-corrected chi connectivity index (χ3v) is 4.93. The summed E-state index contributed by atoms with van der Waals surface area (Å²) in [5, 5.41) is 11.9. The van der Waals surface area contributed by atoms with Crippen molar-refractivity contribution in [2.45, 2.75) is 13.5 Å². The fourth-order valence-corrected chi connectivity index (χ4v) is 3.18. The van der Waals surface area contributed by atoms with Gasteiger partial charge in [-0.25, -0.2) is 0 Å². The van der Waals surface area contributed by atoms with E-state index >= 15 is 0 Å². The van der Waals surface area contributed by atoms with Gasteiger partial charge in [-0.15, -0.1) is 0 Å². The zero-order chi connectivity index (χ0) is 19.4. The molecule has 0 radical (unpaired) electrons. The smallest absolute Gasteiger partial charge is 0.268 e. The minimum atomic E-state index is -0.444. The lowest BCUT2D eigenvalue weighted by molar-refractivity contribution is 0.0949. The van der Waals surface area contributed by atoms with E-state index in [2.05, 4.69) is 27.3 Å². The van der Waals surface area contributed by atoms with Gasteiger partial charge in [0, 0.05) is 16.7 Å². The molecule has 1 amide bonds. The van der Waals surface area contributed by atoms with Crippen LogP contribution in [0.1, 0.15) is 27.2 Å². The van der Waals surface area contributed by atoms with Gasteiger partial charge in [0.05, 0.1) is 17.3 Å². The number of halogens is 1. The zero-order valence-corrected chi connectivity index (χ0v) is 16.2. The normalized spacial score (nSPS) is 10.3. The van der Waals surface area contributed by atoms with Crippen LogP contribution in [0.5, 0.6) is 0 Å². The number of pyridine rings is 1. The van der Waals surface area contributed by atoms with Crippen molar-refractivity contribution in [1.82, 2.24) is 9.88 Å². The fraction of sp³-hybridized carbons (Fsp3) is 0.0952. The van der Waals surface area contributed by atoms with Crippen LogP contribution in [-0.2, 0) is 6.54 Å². The van der Waals surface area contributed by atoms with Gasteiger partial charge in [-0.05, 0) is 48.9 Å². The Kier molecular flexibility index (Phi) is 5.53. The first kappa shape index (κ1) is 18.6. The number of carbonyl (C=O) groups is 1. The summed E-state index contributed by atoms with van der Waals surface area (Å²) in [6.07, 6.45) is 0. The number of amides is 1. The van der Waals surface area contributed by atoms with Gasteiger partial charge in [-0.3, -0.25) is 14.2 Å². The Morgan fingerprint density at radius 1 is 1.15 bits per heavy atom. The molecule has 0 saturated carbocycles. The number of carbonyl (C=O) groups excluding carboxylic acids is 1. The van der Waals surface area contributed by atoms with E-state index in [1.807, 2.05) is 24.3 Å². The van der Waals surface area contributed by atoms with Gasteiger partial charge in [0.15, 0.2) is 0 Å². The second-order valence-corrected chi connectivity index (χ2v) is 6.82. The first-order chi connectivity index (χ1) is 13.0. The molecule has 0 aliphatic rings. The van der Waals surface area contributed by atoms with Crippen molar-refractivity contribution in [3.05, 3.63) is 97.9 Å². The van der Waals surface area contributed by atoms with Crippen LogP contribution in [0.3, 0.4) is 0 Å². The maximum absolute atomic E-state index is 12.9. The van der Waals surface area contributed by atoms with Crippen LogP contribution in [0.4, 0.5) is 0 Å². The Morgan fingerprint density at radius 3 is 2.67 bits per heavy atom. The molecule has 0 fully saturated rings. The average Bonchev–Trinajstić information content (AvgIpc) is 2.67. The summed E-state index contributed by atoms with van der Waals surface area (Å²) in [6, 6.07) is 19.6. The molecule has 1 aromatic heterocycles. The molecule has 27 heavy (non-hydrogen) atoms. The lowest BCUT2D eigenvalue weighted by atomic mass is 10.1. The fourth-order valence-electron chi connectivity index (χ4n) is 2.75. The second kappa shape index (κ2) is 8.02. The number of aromatic nitrogens is 1. The van der Waals surface area contributed by atoms with E-state index in [0.29, 0.717) is 23.5 Å². The highest BCUT2D eigenvalue weighted by atomic mass is 79.9. The summed E-state index contributed by atoms with van der Waals surface area (Å²) in [6.45, 7) is 2.08. The summed E-state index contributed by atoms with van der Waals surface area (Å²) < 4.78 is 2.33. The Balaban J connectivity index is 1.93. The molecule has 5 nitrogen and oxygen atoms in total. The highest BCUT2D eigenvalue weighted by Gasteiger charge is 2.15. The Bertz CT molecular complexity index is 1110. The van der Waals surface area contributed by atoms with Gasteiger partial charge in [0.2, 0.25) is 0 Å². The van der Waals surface area contributed by atoms with Gasteiger partial charge in [0.25, 0.3) is 11.5 Å². The van der Waals surface area contributed by atoms with Crippen molar-refractivity contribution in [2.24, 2.45) is 0 Å². The Hall–Kier alpha value is -3.17. The zero-order valence-electron chi connectivity index (χ0n) is 14.6. The van der Waals surface area contributed by atoms with E-state index in [1.54, 1.807) is 37.3 Å².